The van der Waals surface area contributed by atoms with E-state index in [4.69, 9.17) is 4.74 Å². The third kappa shape index (κ3) is 3.92. The molecule has 3 rings (SSSR count). The fourth-order valence-electron chi connectivity index (χ4n) is 2.97. The number of ether oxygens (including phenoxy) is 1. The molecule has 0 radical (unpaired) electrons. The van der Waals surface area contributed by atoms with E-state index in [-0.39, 0.29) is 17.2 Å². The standard InChI is InChI=1S/C19H16F4N2O3/c1-28-16-10-12(5-7-15(16)25-8-2-3-17(25)26)24-18(27)11-4-6-14(20)13(9-11)19(21,22)23/h4-7,9-10H,2-3,8H2,1H3,(H,24,27). The van der Waals surface area contributed by atoms with Crippen LogP contribution >= 0.6 is 0 Å². The predicted molar refractivity (Wildman–Crippen MR) is 93.9 cm³/mol. The van der Waals surface area contributed by atoms with Gasteiger partial charge in [0.15, 0.2) is 0 Å². The van der Waals surface area contributed by atoms with Crippen LogP contribution in [0.25, 0.3) is 0 Å². The minimum atomic E-state index is -4.91. The number of carbonyl (C=O) groups excluding carboxylic acids is 2. The van der Waals surface area contributed by atoms with E-state index in [0.29, 0.717) is 36.5 Å². The van der Waals surface area contributed by atoms with Gasteiger partial charge in [0.25, 0.3) is 5.91 Å². The molecule has 148 valence electrons. The smallest absolute Gasteiger partial charge is 0.419 e. The third-order valence-electron chi connectivity index (χ3n) is 4.34. The second-order valence-corrected chi connectivity index (χ2v) is 6.18. The lowest BCUT2D eigenvalue weighted by Crippen LogP contribution is -2.24. The summed E-state index contributed by atoms with van der Waals surface area (Å²) in [6.07, 6.45) is -3.74. The van der Waals surface area contributed by atoms with Gasteiger partial charge in [-0.25, -0.2) is 4.39 Å². The number of amides is 2. The van der Waals surface area contributed by atoms with Crippen LogP contribution in [-0.4, -0.2) is 25.5 Å². The van der Waals surface area contributed by atoms with E-state index in [1.807, 2.05) is 0 Å². The first-order chi connectivity index (χ1) is 13.2. The predicted octanol–water partition coefficient (Wildman–Crippen LogP) is 4.23. The van der Waals surface area contributed by atoms with Crippen molar-refractivity contribution in [2.45, 2.75) is 19.0 Å². The van der Waals surface area contributed by atoms with Gasteiger partial charge in [-0.05, 0) is 36.8 Å². The molecule has 1 fully saturated rings. The second kappa shape index (κ2) is 7.49. The topological polar surface area (TPSA) is 58.6 Å². The highest BCUT2D eigenvalue weighted by molar-refractivity contribution is 6.05. The largest absolute Gasteiger partial charge is 0.494 e. The Hall–Kier alpha value is -3.10. The van der Waals surface area contributed by atoms with Crippen molar-refractivity contribution >= 4 is 23.2 Å². The summed E-state index contributed by atoms with van der Waals surface area (Å²) >= 11 is 0. The van der Waals surface area contributed by atoms with Crippen molar-refractivity contribution in [2.24, 2.45) is 0 Å². The number of rotatable bonds is 4. The van der Waals surface area contributed by atoms with Crippen molar-refractivity contribution in [3.8, 4) is 5.75 Å². The van der Waals surface area contributed by atoms with Gasteiger partial charge in [-0.1, -0.05) is 0 Å². The van der Waals surface area contributed by atoms with Crippen LogP contribution in [0.3, 0.4) is 0 Å². The SMILES string of the molecule is COc1cc(NC(=O)c2ccc(F)c(C(F)(F)F)c2)ccc1N1CCCC1=O. The average molecular weight is 396 g/mol. The minimum absolute atomic E-state index is 0.0407. The molecule has 0 atom stereocenters. The summed E-state index contributed by atoms with van der Waals surface area (Å²) in [5.74, 6) is -1.99. The van der Waals surface area contributed by atoms with E-state index in [9.17, 15) is 27.2 Å². The summed E-state index contributed by atoms with van der Waals surface area (Å²) in [6.45, 7) is 0.552. The van der Waals surface area contributed by atoms with Gasteiger partial charge < -0.3 is 15.0 Å². The van der Waals surface area contributed by atoms with Gasteiger partial charge in [-0.3, -0.25) is 9.59 Å². The number of carbonyl (C=O) groups is 2. The lowest BCUT2D eigenvalue weighted by atomic mass is 10.1. The average Bonchev–Trinajstić information content (AvgIpc) is 3.06. The van der Waals surface area contributed by atoms with Crippen LogP contribution in [0, 0.1) is 5.82 Å². The van der Waals surface area contributed by atoms with Crippen LogP contribution < -0.4 is 15.0 Å². The van der Waals surface area contributed by atoms with Crippen molar-refractivity contribution in [2.75, 3.05) is 23.9 Å². The maximum absolute atomic E-state index is 13.4. The molecule has 0 unspecified atom stereocenters. The first kappa shape index (κ1) is 19.7. The van der Waals surface area contributed by atoms with Crippen LogP contribution in [-0.2, 0) is 11.0 Å². The van der Waals surface area contributed by atoms with Crippen LogP contribution in [0.15, 0.2) is 36.4 Å². The van der Waals surface area contributed by atoms with Gasteiger partial charge in [-0.2, -0.15) is 13.2 Å². The normalized spacial score (nSPS) is 14.3. The maximum Gasteiger partial charge on any atom is 0.419 e. The molecule has 2 aromatic carbocycles. The first-order valence-electron chi connectivity index (χ1n) is 8.37. The summed E-state index contributed by atoms with van der Waals surface area (Å²) in [5, 5.41) is 2.45. The molecule has 5 nitrogen and oxygen atoms in total. The van der Waals surface area contributed by atoms with Crippen molar-refractivity contribution < 1.29 is 31.9 Å². The minimum Gasteiger partial charge on any atom is -0.494 e. The van der Waals surface area contributed by atoms with E-state index in [1.165, 1.54) is 19.2 Å². The molecular weight excluding hydrogens is 380 g/mol. The molecule has 2 aromatic rings. The van der Waals surface area contributed by atoms with Gasteiger partial charge in [0.1, 0.15) is 11.6 Å². The van der Waals surface area contributed by atoms with E-state index in [0.717, 1.165) is 12.5 Å². The maximum atomic E-state index is 13.4. The summed E-state index contributed by atoms with van der Waals surface area (Å²) < 4.78 is 57.1. The number of benzene rings is 2. The summed E-state index contributed by atoms with van der Waals surface area (Å²) in [7, 11) is 1.40. The lowest BCUT2D eigenvalue weighted by molar-refractivity contribution is -0.140. The Balaban J connectivity index is 1.84. The summed E-state index contributed by atoms with van der Waals surface area (Å²) in [4.78, 5) is 25.8. The van der Waals surface area contributed by atoms with Gasteiger partial charge in [0, 0.05) is 30.3 Å². The molecule has 1 N–H and O–H groups in total. The van der Waals surface area contributed by atoms with E-state index in [1.54, 1.807) is 11.0 Å². The quantitative estimate of drug-likeness (QED) is 0.787. The fraction of sp³-hybridized carbons (Fsp3) is 0.263. The van der Waals surface area contributed by atoms with Gasteiger partial charge in [-0.15, -0.1) is 0 Å². The summed E-state index contributed by atoms with van der Waals surface area (Å²) in [6, 6.07) is 6.58. The Morgan fingerprint density at radius 2 is 1.93 bits per heavy atom. The zero-order valence-corrected chi connectivity index (χ0v) is 14.8. The number of anilines is 2. The molecule has 0 saturated carbocycles. The molecule has 1 aliphatic rings. The number of methoxy groups -OCH3 is 1. The Bertz CT molecular complexity index is 928. The number of nitrogens with zero attached hydrogens (tertiary/aromatic N) is 1. The highest BCUT2D eigenvalue weighted by Crippen LogP contribution is 2.35. The van der Waals surface area contributed by atoms with Gasteiger partial charge in [0.2, 0.25) is 5.91 Å². The molecule has 0 bridgehead atoms. The van der Waals surface area contributed by atoms with Crippen molar-refractivity contribution in [1.82, 2.24) is 0 Å². The van der Waals surface area contributed by atoms with Crippen LogP contribution in [0.4, 0.5) is 28.9 Å². The molecule has 1 heterocycles. The number of nitrogens with one attached hydrogen (secondary N) is 1. The zero-order valence-electron chi connectivity index (χ0n) is 14.8. The Morgan fingerprint density at radius 3 is 2.54 bits per heavy atom. The monoisotopic (exact) mass is 396 g/mol. The molecule has 1 aliphatic heterocycles. The Morgan fingerprint density at radius 1 is 1.18 bits per heavy atom. The number of hydrogen-bond acceptors (Lipinski definition) is 3. The summed E-state index contributed by atoms with van der Waals surface area (Å²) in [5.41, 5.74) is -1.05. The number of hydrogen-bond donors (Lipinski definition) is 1. The highest BCUT2D eigenvalue weighted by atomic mass is 19.4. The number of halogens is 4. The lowest BCUT2D eigenvalue weighted by Gasteiger charge is -2.19. The zero-order chi connectivity index (χ0) is 20.5. The third-order valence-corrected chi connectivity index (χ3v) is 4.34. The molecule has 0 spiro atoms. The van der Waals surface area contributed by atoms with Crippen LogP contribution in [0.5, 0.6) is 5.75 Å². The van der Waals surface area contributed by atoms with E-state index < -0.39 is 23.5 Å². The Labute approximate surface area is 157 Å². The molecule has 0 aromatic heterocycles. The molecule has 2 amide bonds. The highest BCUT2D eigenvalue weighted by Gasteiger charge is 2.34. The molecule has 0 aliphatic carbocycles. The molecule has 1 saturated heterocycles. The molecule has 9 heteroatoms. The number of alkyl halides is 3. The van der Waals surface area contributed by atoms with Gasteiger partial charge >= 0.3 is 6.18 Å². The van der Waals surface area contributed by atoms with Gasteiger partial charge in [0.05, 0.1) is 18.4 Å². The second-order valence-electron chi connectivity index (χ2n) is 6.18. The van der Waals surface area contributed by atoms with E-state index >= 15 is 0 Å². The fourth-order valence-corrected chi connectivity index (χ4v) is 2.97. The first-order valence-corrected chi connectivity index (χ1v) is 8.37. The van der Waals surface area contributed by atoms with E-state index in [2.05, 4.69) is 5.32 Å². The van der Waals surface area contributed by atoms with Crippen LogP contribution in [0.2, 0.25) is 0 Å². The van der Waals surface area contributed by atoms with Crippen LogP contribution in [0.1, 0.15) is 28.8 Å². The molecule has 28 heavy (non-hydrogen) atoms. The Kier molecular flexibility index (Phi) is 5.26. The molecular formula is C19H16F4N2O3. The van der Waals surface area contributed by atoms with Crippen molar-refractivity contribution in [1.29, 1.82) is 0 Å². The van der Waals surface area contributed by atoms with Crippen molar-refractivity contribution in [3.05, 3.63) is 53.3 Å². The van der Waals surface area contributed by atoms with Crippen molar-refractivity contribution in [3.63, 3.8) is 0 Å².